The Morgan fingerprint density at radius 2 is 1.88 bits per heavy atom. The van der Waals surface area contributed by atoms with Crippen LogP contribution >= 0.6 is 11.6 Å². The molecule has 94 valence electrons. The molecule has 1 aliphatic rings. The zero-order valence-corrected chi connectivity index (χ0v) is 9.72. The first-order valence-electron chi connectivity index (χ1n) is 5.28. The predicted octanol–water partition coefficient (Wildman–Crippen LogP) is 2.68. The lowest BCUT2D eigenvalue weighted by molar-refractivity contribution is -0.149. The number of halogens is 4. The van der Waals surface area contributed by atoms with Crippen molar-refractivity contribution in [2.24, 2.45) is 0 Å². The maximum Gasteiger partial charge on any atom is 0.409 e. The predicted molar refractivity (Wildman–Crippen MR) is 61.5 cm³/mol. The first-order valence-corrected chi connectivity index (χ1v) is 5.66. The van der Waals surface area contributed by atoms with Gasteiger partial charge in [0, 0.05) is 30.3 Å². The third-order valence-corrected chi connectivity index (χ3v) is 3.03. The molecular weight excluding hydrogens is 253 g/mol. The Morgan fingerprint density at radius 1 is 1.24 bits per heavy atom. The summed E-state index contributed by atoms with van der Waals surface area (Å²) in [6.07, 6.45) is -4.23. The summed E-state index contributed by atoms with van der Waals surface area (Å²) in [6, 6.07) is 4.97. The maximum absolute atomic E-state index is 12.8. The Balaban J connectivity index is 2.25. The van der Waals surface area contributed by atoms with Crippen molar-refractivity contribution in [3.63, 3.8) is 0 Å². The average molecular weight is 265 g/mol. The van der Waals surface area contributed by atoms with Gasteiger partial charge in [-0.05, 0) is 24.3 Å². The van der Waals surface area contributed by atoms with Crippen LogP contribution in [0.15, 0.2) is 24.3 Å². The summed E-state index contributed by atoms with van der Waals surface area (Å²) in [5.41, 5.74) is 0.554. The Kier molecular flexibility index (Phi) is 3.49. The van der Waals surface area contributed by atoms with Gasteiger partial charge in [0.1, 0.15) is 6.04 Å². The van der Waals surface area contributed by atoms with E-state index in [2.05, 4.69) is 5.32 Å². The zero-order chi connectivity index (χ0) is 12.5. The van der Waals surface area contributed by atoms with Gasteiger partial charge in [-0.1, -0.05) is 11.6 Å². The van der Waals surface area contributed by atoms with E-state index in [0.717, 1.165) is 0 Å². The molecule has 0 aliphatic carbocycles. The van der Waals surface area contributed by atoms with Crippen molar-refractivity contribution in [1.82, 2.24) is 5.32 Å². The van der Waals surface area contributed by atoms with E-state index < -0.39 is 12.2 Å². The number of hydrogen-bond donors (Lipinski definition) is 1. The van der Waals surface area contributed by atoms with Crippen LogP contribution in [0.5, 0.6) is 0 Å². The Hall–Kier alpha value is -0.940. The molecule has 1 aliphatic heterocycles. The Morgan fingerprint density at radius 3 is 2.47 bits per heavy atom. The van der Waals surface area contributed by atoms with Crippen LogP contribution in [0.25, 0.3) is 0 Å². The zero-order valence-electron chi connectivity index (χ0n) is 8.97. The lowest BCUT2D eigenvalue weighted by Crippen LogP contribution is -2.58. The van der Waals surface area contributed by atoms with Gasteiger partial charge in [-0.15, -0.1) is 0 Å². The lowest BCUT2D eigenvalue weighted by Gasteiger charge is -2.38. The van der Waals surface area contributed by atoms with Gasteiger partial charge < -0.3 is 10.2 Å². The summed E-state index contributed by atoms with van der Waals surface area (Å²) in [4.78, 5) is 1.37. The molecule has 1 unspecified atom stereocenters. The van der Waals surface area contributed by atoms with Gasteiger partial charge in [0.25, 0.3) is 0 Å². The van der Waals surface area contributed by atoms with E-state index in [-0.39, 0.29) is 6.54 Å². The molecule has 0 aromatic heterocycles. The number of piperazine rings is 1. The SMILES string of the molecule is FC(F)(F)C1CNCCN1c1ccc(Cl)cc1. The topological polar surface area (TPSA) is 15.3 Å². The molecular formula is C11H12ClF3N2. The van der Waals surface area contributed by atoms with Crippen molar-refractivity contribution >= 4 is 17.3 Å². The lowest BCUT2D eigenvalue weighted by atomic mass is 10.1. The second-order valence-corrected chi connectivity index (χ2v) is 4.37. The summed E-state index contributed by atoms with van der Waals surface area (Å²) in [5, 5.41) is 3.29. The number of alkyl halides is 3. The Labute approximate surface area is 102 Å². The van der Waals surface area contributed by atoms with Crippen molar-refractivity contribution in [2.45, 2.75) is 12.2 Å². The van der Waals surface area contributed by atoms with E-state index in [4.69, 9.17) is 11.6 Å². The summed E-state index contributed by atoms with van der Waals surface area (Å²) < 4.78 is 38.5. The van der Waals surface area contributed by atoms with Gasteiger partial charge >= 0.3 is 6.18 Å². The fourth-order valence-electron chi connectivity index (χ4n) is 1.94. The molecule has 1 N–H and O–H groups in total. The molecule has 1 fully saturated rings. The highest BCUT2D eigenvalue weighted by Crippen LogP contribution is 2.30. The molecule has 1 heterocycles. The van der Waals surface area contributed by atoms with Crippen LogP contribution in [0.4, 0.5) is 18.9 Å². The third-order valence-electron chi connectivity index (χ3n) is 2.78. The highest BCUT2D eigenvalue weighted by Gasteiger charge is 2.44. The number of nitrogens with zero attached hydrogens (tertiary/aromatic N) is 1. The first kappa shape index (κ1) is 12.5. The molecule has 2 nitrogen and oxygen atoms in total. The smallest absolute Gasteiger partial charge is 0.357 e. The van der Waals surface area contributed by atoms with Gasteiger partial charge in [-0.3, -0.25) is 0 Å². The van der Waals surface area contributed by atoms with Gasteiger partial charge in [-0.2, -0.15) is 13.2 Å². The molecule has 1 aromatic rings. The van der Waals surface area contributed by atoms with E-state index in [1.807, 2.05) is 0 Å². The normalized spacial score (nSPS) is 21.6. The summed E-state index contributed by atoms with van der Waals surface area (Å²) >= 11 is 5.72. The van der Waals surface area contributed by atoms with Crippen LogP contribution in [-0.4, -0.2) is 31.9 Å². The Bertz CT molecular complexity index is 377. The minimum absolute atomic E-state index is 0.0773. The number of rotatable bonds is 1. The van der Waals surface area contributed by atoms with E-state index in [1.165, 1.54) is 4.90 Å². The molecule has 17 heavy (non-hydrogen) atoms. The molecule has 1 saturated heterocycles. The highest BCUT2D eigenvalue weighted by atomic mass is 35.5. The number of anilines is 1. The third kappa shape index (κ3) is 2.84. The minimum Gasteiger partial charge on any atom is -0.357 e. The van der Waals surface area contributed by atoms with Gasteiger partial charge in [-0.25, -0.2) is 0 Å². The van der Waals surface area contributed by atoms with Crippen LogP contribution in [0.1, 0.15) is 0 Å². The monoisotopic (exact) mass is 264 g/mol. The first-order chi connectivity index (χ1) is 7.98. The fraction of sp³-hybridized carbons (Fsp3) is 0.455. The molecule has 0 amide bonds. The van der Waals surface area contributed by atoms with Crippen LogP contribution in [-0.2, 0) is 0 Å². The van der Waals surface area contributed by atoms with Crippen LogP contribution in [0.2, 0.25) is 5.02 Å². The van der Waals surface area contributed by atoms with Gasteiger partial charge in [0.05, 0.1) is 0 Å². The molecule has 2 rings (SSSR count). The van der Waals surface area contributed by atoms with E-state index in [1.54, 1.807) is 24.3 Å². The van der Waals surface area contributed by atoms with Crippen LogP contribution in [0, 0.1) is 0 Å². The molecule has 0 saturated carbocycles. The molecule has 1 aromatic carbocycles. The van der Waals surface area contributed by atoms with E-state index in [0.29, 0.717) is 23.8 Å². The van der Waals surface area contributed by atoms with Gasteiger partial charge in [0.2, 0.25) is 0 Å². The average Bonchev–Trinajstić information content (AvgIpc) is 2.29. The fourth-order valence-corrected chi connectivity index (χ4v) is 2.06. The van der Waals surface area contributed by atoms with Gasteiger partial charge in [0.15, 0.2) is 0 Å². The van der Waals surface area contributed by atoms with Crippen LogP contribution in [0.3, 0.4) is 0 Å². The minimum atomic E-state index is -4.23. The van der Waals surface area contributed by atoms with Crippen molar-refractivity contribution in [1.29, 1.82) is 0 Å². The largest absolute Gasteiger partial charge is 0.409 e. The van der Waals surface area contributed by atoms with Crippen molar-refractivity contribution < 1.29 is 13.2 Å². The van der Waals surface area contributed by atoms with Crippen molar-refractivity contribution in [3.8, 4) is 0 Å². The summed E-state index contributed by atoms with van der Waals surface area (Å²) in [6.45, 7) is 0.813. The number of nitrogens with one attached hydrogen (secondary N) is 1. The second-order valence-electron chi connectivity index (χ2n) is 3.93. The van der Waals surface area contributed by atoms with E-state index in [9.17, 15) is 13.2 Å². The second kappa shape index (κ2) is 4.74. The number of benzene rings is 1. The molecule has 0 bridgehead atoms. The van der Waals surface area contributed by atoms with Crippen molar-refractivity contribution in [2.75, 3.05) is 24.5 Å². The summed E-state index contributed by atoms with van der Waals surface area (Å²) in [7, 11) is 0. The maximum atomic E-state index is 12.8. The standard InChI is InChI=1S/C11H12ClF3N2/c12-8-1-3-9(4-2-8)17-6-5-16-7-10(17)11(13,14)15/h1-4,10,16H,5-7H2. The van der Waals surface area contributed by atoms with Crippen molar-refractivity contribution in [3.05, 3.63) is 29.3 Å². The number of hydrogen-bond acceptors (Lipinski definition) is 2. The van der Waals surface area contributed by atoms with E-state index >= 15 is 0 Å². The highest BCUT2D eigenvalue weighted by molar-refractivity contribution is 6.30. The quantitative estimate of drug-likeness (QED) is 0.839. The summed E-state index contributed by atoms with van der Waals surface area (Å²) in [5.74, 6) is 0. The molecule has 6 heteroatoms. The molecule has 0 spiro atoms. The molecule has 0 radical (unpaired) electrons. The molecule has 1 atom stereocenters. The van der Waals surface area contributed by atoms with Crippen LogP contribution < -0.4 is 10.2 Å².